The second kappa shape index (κ2) is 7.93. The van der Waals surface area contributed by atoms with E-state index in [1.165, 1.54) is 6.07 Å². The molecule has 2 aliphatic rings. The summed E-state index contributed by atoms with van der Waals surface area (Å²) in [5.41, 5.74) is 2.43. The average molecular weight is 395 g/mol. The van der Waals surface area contributed by atoms with E-state index in [0.717, 1.165) is 38.5 Å². The Morgan fingerprint density at radius 3 is 2.48 bits per heavy atom. The van der Waals surface area contributed by atoms with Gasteiger partial charge in [0.25, 0.3) is 11.8 Å². The average Bonchev–Trinajstić information content (AvgIpc) is 3.37. The molecule has 0 aliphatic heterocycles. The van der Waals surface area contributed by atoms with Gasteiger partial charge >= 0.3 is 0 Å². The van der Waals surface area contributed by atoms with Crippen molar-refractivity contribution in [3.05, 3.63) is 53.1 Å². The highest BCUT2D eigenvalue weighted by Gasteiger charge is 2.26. The summed E-state index contributed by atoms with van der Waals surface area (Å²) in [5, 5.41) is 2.89. The molecule has 1 aromatic heterocycles. The minimum absolute atomic E-state index is 0.0936. The van der Waals surface area contributed by atoms with Gasteiger partial charge in [-0.1, -0.05) is 18.9 Å². The number of aromatic nitrogens is 1. The number of halogens is 1. The van der Waals surface area contributed by atoms with Crippen LogP contribution in [0.5, 0.6) is 0 Å². The monoisotopic (exact) mass is 395 g/mol. The first-order chi connectivity index (χ1) is 13.9. The van der Waals surface area contributed by atoms with Crippen LogP contribution in [-0.4, -0.2) is 40.8 Å². The van der Waals surface area contributed by atoms with E-state index in [9.17, 15) is 14.0 Å². The Labute approximate surface area is 170 Å². The molecule has 2 aliphatic carbocycles. The van der Waals surface area contributed by atoms with Crippen molar-refractivity contribution in [2.75, 3.05) is 7.05 Å². The van der Waals surface area contributed by atoms with Crippen LogP contribution in [0, 0.1) is 12.7 Å². The van der Waals surface area contributed by atoms with Crippen LogP contribution in [0.3, 0.4) is 0 Å². The van der Waals surface area contributed by atoms with E-state index in [2.05, 4.69) is 10.3 Å². The van der Waals surface area contributed by atoms with Gasteiger partial charge in [-0.25, -0.2) is 4.39 Å². The smallest absolute Gasteiger partial charge is 0.272 e. The molecular formula is C23H26FN3O2. The molecule has 2 aromatic rings. The molecule has 0 unspecified atom stereocenters. The van der Waals surface area contributed by atoms with Crippen molar-refractivity contribution in [3.8, 4) is 11.1 Å². The van der Waals surface area contributed by atoms with Gasteiger partial charge in [0, 0.05) is 36.5 Å². The van der Waals surface area contributed by atoms with Gasteiger partial charge < -0.3 is 10.2 Å². The molecule has 0 atom stereocenters. The van der Waals surface area contributed by atoms with Gasteiger partial charge in [-0.2, -0.15) is 0 Å². The first-order valence-electron chi connectivity index (χ1n) is 10.3. The molecule has 4 rings (SSSR count). The lowest BCUT2D eigenvalue weighted by atomic mass is 9.98. The lowest BCUT2D eigenvalue weighted by Gasteiger charge is -2.23. The summed E-state index contributed by atoms with van der Waals surface area (Å²) in [4.78, 5) is 31.2. The fourth-order valence-electron chi connectivity index (χ4n) is 3.92. The Morgan fingerprint density at radius 1 is 1.14 bits per heavy atom. The molecule has 2 saturated carbocycles. The first kappa shape index (κ1) is 19.6. The molecule has 1 heterocycles. The molecule has 1 aromatic carbocycles. The zero-order chi connectivity index (χ0) is 20.5. The van der Waals surface area contributed by atoms with Gasteiger partial charge in [0.2, 0.25) is 0 Å². The fraction of sp³-hybridized carbons (Fsp3) is 0.435. The normalized spacial score (nSPS) is 16.7. The van der Waals surface area contributed by atoms with Crippen LogP contribution in [-0.2, 0) is 0 Å². The summed E-state index contributed by atoms with van der Waals surface area (Å²) in [6, 6.07) is 6.91. The van der Waals surface area contributed by atoms with Crippen LogP contribution < -0.4 is 5.32 Å². The minimum Gasteiger partial charge on any atom is -0.349 e. The first-order valence-corrected chi connectivity index (χ1v) is 10.3. The summed E-state index contributed by atoms with van der Waals surface area (Å²) in [5.74, 6) is -0.779. The van der Waals surface area contributed by atoms with Crippen molar-refractivity contribution >= 4 is 11.8 Å². The SMILES string of the molecule is Cc1c(F)cc(C(=O)NC2CC2)cc1-c1ccc(C(=O)N(C)C2CCCC2)nc1. The topological polar surface area (TPSA) is 62.3 Å². The van der Waals surface area contributed by atoms with Crippen LogP contribution in [0.25, 0.3) is 11.1 Å². The Hall–Kier alpha value is -2.76. The predicted octanol–water partition coefficient (Wildman–Crippen LogP) is 4.10. The third kappa shape index (κ3) is 4.16. The Balaban J connectivity index is 1.57. The maximum absolute atomic E-state index is 14.5. The number of hydrogen-bond acceptors (Lipinski definition) is 3. The quantitative estimate of drug-likeness (QED) is 0.829. The fourth-order valence-corrected chi connectivity index (χ4v) is 3.92. The number of benzene rings is 1. The van der Waals surface area contributed by atoms with Gasteiger partial charge in [0.05, 0.1) is 0 Å². The van der Waals surface area contributed by atoms with E-state index in [1.54, 1.807) is 36.2 Å². The molecule has 29 heavy (non-hydrogen) atoms. The van der Waals surface area contributed by atoms with Crippen LogP contribution in [0.4, 0.5) is 4.39 Å². The standard InChI is InChI=1S/C23H26FN3O2/c1-14-19(11-16(12-20(14)24)22(28)26-17-8-9-17)15-7-10-21(25-13-15)23(29)27(2)18-5-3-4-6-18/h7,10-13,17-18H,3-6,8-9H2,1-2H3,(H,26,28). The van der Waals surface area contributed by atoms with E-state index < -0.39 is 5.82 Å². The zero-order valence-corrected chi connectivity index (χ0v) is 16.9. The number of rotatable bonds is 5. The van der Waals surface area contributed by atoms with Gasteiger partial charge in [0.15, 0.2) is 0 Å². The van der Waals surface area contributed by atoms with Crippen LogP contribution >= 0.6 is 0 Å². The van der Waals surface area contributed by atoms with Crippen molar-refractivity contribution in [2.24, 2.45) is 0 Å². The Morgan fingerprint density at radius 2 is 1.86 bits per heavy atom. The van der Waals surface area contributed by atoms with Gasteiger partial charge in [-0.15, -0.1) is 0 Å². The number of carbonyl (C=O) groups is 2. The minimum atomic E-state index is -0.426. The van der Waals surface area contributed by atoms with Gasteiger partial charge in [-0.05, 0) is 61.9 Å². The highest BCUT2D eigenvalue weighted by Crippen LogP contribution is 2.28. The maximum atomic E-state index is 14.5. The highest BCUT2D eigenvalue weighted by molar-refractivity contribution is 5.96. The van der Waals surface area contributed by atoms with Gasteiger partial charge in [-0.3, -0.25) is 14.6 Å². The summed E-state index contributed by atoms with van der Waals surface area (Å²) < 4.78 is 14.5. The van der Waals surface area contributed by atoms with Crippen molar-refractivity contribution in [3.63, 3.8) is 0 Å². The Bertz CT molecular complexity index is 932. The van der Waals surface area contributed by atoms with E-state index in [-0.39, 0.29) is 23.9 Å². The van der Waals surface area contributed by atoms with Crippen LogP contribution in [0.15, 0.2) is 30.5 Å². The van der Waals surface area contributed by atoms with Crippen LogP contribution in [0.2, 0.25) is 0 Å². The molecule has 5 nitrogen and oxygen atoms in total. The van der Waals surface area contributed by atoms with E-state index in [4.69, 9.17) is 0 Å². The summed E-state index contributed by atoms with van der Waals surface area (Å²) >= 11 is 0. The van der Waals surface area contributed by atoms with Gasteiger partial charge in [0.1, 0.15) is 11.5 Å². The van der Waals surface area contributed by atoms with Crippen molar-refractivity contribution in [1.29, 1.82) is 0 Å². The van der Waals surface area contributed by atoms with Crippen LogP contribution in [0.1, 0.15) is 64.9 Å². The van der Waals surface area contributed by atoms with E-state index in [1.807, 2.05) is 7.05 Å². The van der Waals surface area contributed by atoms with Crippen molar-refractivity contribution in [1.82, 2.24) is 15.2 Å². The Kier molecular flexibility index (Phi) is 5.35. The lowest BCUT2D eigenvalue weighted by molar-refractivity contribution is 0.0729. The maximum Gasteiger partial charge on any atom is 0.272 e. The number of nitrogens with one attached hydrogen (secondary N) is 1. The molecule has 0 spiro atoms. The zero-order valence-electron chi connectivity index (χ0n) is 16.9. The molecule has 1 N–H and O–H groups in total. The number of pyridine rings is 1. The molecule has 6 heteroatoms. The second-order valence-electron chi connectivity index (χ2n) is 8.16. The lowest BCUT2D eigenvalue weighted by Crippen LogP contribution is -2.35. The molecule has 2 fully saturated rings. The number of nitrogens with zero attached hydrogens (tertiary/aromatic N) is 2. The van der Waals surface area contributed by atoms with E-state index in [0.29, 0.717) is 27.9 Å². The van der Waals surface area contributed by atoms with E-state index >= 15 is 0 Å². The predicted molar refractivity (Wildman–Crippen MR) is 109 cm³/mol. The highest BCUT2D eigenvalue weighted by atomic mass is 19.1. The number of hydrogen-bond donors (Lipinski definition) is 1. The van der Waals surface area contributed by atoms with Crippen molar-refractivity contribution < 1.29 is 14.0 Å². The summed E-state index contributed by atoms with van der Waals surface area (Å²) in [7, 11) is 1.83. The number of amides is 2. The molecule has 152 valence electrons. The van der Waals surface area contributed by atoms with Crippen molar-refractivity contribution in [2.45, 2.75) is 57.5 Å². The molecule has 0 radical (unpaired) electrons. The second-order valence-corrected chi connectivity index (χ2v) is 8.16. The molecule has 0 saturated heterocycles. The third-order valence-corrected chi connectivity index (χ3v) is 6.01. The summed E-state index contributed by atoms with van der Waals surface area (Å²) in [6.45, 7) is 1.68. The largest absolute Gasteiger partial charge is 0.349 e. The summed E-state index contributed by atoms with van der Waals surface area (Å²) in [6.07, 6.45) is 7.92. The molecule has 0 bridgehead atoms. The third-order valence-electron chi connectivity index (χ3n) is 6.01. The molecule has 2 amide bonds. The molecular weight excluding hydrogens is 369 g/mol. The number of carbonyl (C=O) groups excluding carboxylic acids is 2.